The van der Waals surface area contributed by atoms with Crippen LogP contribution in [0.1, 0.15) is 36.0 Å². The summed E-state index contributed by atoms with van der Waals surface area (Å²) in [5.74, 6) is -1.86. The minimum absolute atomic E-state index is 0.0706. The fraction of sp³-hybridized carbons (Fsp3) is 0.429. The van der Waals surface area contributed by atoms with Gasteiger partial charge in [-0.25, -0.2) is 0 Å². The Labute approximate surface area is 111 Å². The van der Waals surface area contributed by atoms with Crippen molar-refractivity contribution in [3.8, 4) is 0 Å². The summed E-state index contributed by atoms with van der Waals surface area (Å²) in [6.45, 7) is 0. The van der Waals surface area contributed by atoms with Gasteiger partial charge in [0.1, 0.15) is 0 Å². The van der Waals surface area contributed by atoms with Crippen LogP contribution in [0.4, 0.5) is 0 Å². The molecule has 1 N–H and O–H groups in total. The highest BCUT2D eigenvalue weighted by Crippen LogP contribution is 2.33. The van der Waals surface area contributed by atoms with E-state index in [9.17, 15) is 14.7 Å². The molecule has 0 radical (unpaired) electrons. The van der Waals surface area contributed by atoms with Crippen LogP contribution < -0.4 is 0 Å². The number of carboxylic acids is 1. The summed E-state index contributed by atoms with van der Waals surface area (Å²) in [6.07, 6.45) is 3.08. The van der Waals surface area contributed by atoms with Crippen LogP contribution >= 0.6 is 11.6 Å². The zero-order valence-electron chi connectivity index (χ0n) is 9.93. The Morgan fingerprint density at radius 3 is 2.17 bits per heavy atom. The number of aliphatic carboxylic acids is 1. The van der Waals surface area contributed by atoms with Crippen molar-refractivity contribution in [3.05, 3.63) is 34.9 Å². The lowest BCUT2D eigenvalue weighted by atomic mass is 9.75. The normalized spacial score (nSPS) is 23.6. The SMILES string of the molecule is O=C(O)[C@H]1CCCC[C@@H]1C(=O)c1ccc(Cl)cc1. The number of carboxylic acid groups (broad SMARTS) is 1. The summed E-state index contributed by atoms with van der Waals surface area (Å²) in [6, 6.07) is 6.65. The molecule has 0 heterocycles. The number of carbonyl (C=O) groups excluding carboxylic acids is 1. The number of hydrogen-bond donors (Lipinski definition) is 1. The molecule has 0 bridgehead atoms. The predicted octanol–water partition coefficient (Wildman–Crippen LogP) is 3.41. The van der Waals surface area contributed by atoms with Crippen molar-refractivity contribution in [3.63, 3.8) is 0 Å². The van der Waals surface area contributed by atoms with Crippen molar-refractivity contribution in [1.82, 2.24) is 0 Å². The summed E-state index contributed by atoms with van der Waals surface area (Å²) >= 11 is 5.78. The first-order valence-corrected chi connectivity index (χ1v) is 6.50. The molecule has 3 nitrogen and oxygen atoms in total. The molecular formula is C14H15ClO3. The van der Waals surface area contributed by atoms with Gasteiger partial charge >= 0.3 is 5.97 Å². The van der Waals surface area contributed by atoms with Gasteiger partial charge in [0.05, 0.1) is 5.92 Å². The molecule has 0 saturated heterocycles. The molecule has 1 aromatic carbocycles. The van der Waals surface area contributed by atoms with Crippen LogP contribution in [-0.2, 0) is 4.79 Å². The first-order chi connectivity index (χ1) is 8.59. The average Bonchev–Trinajstić information content (AvgIpc) is 2.39. The van der Waals surface area contributed by atoms with Gasteiger partial charge in [0, 0.05) is 16.5 Å². The molecule has 0 aliphatic heterocycles. The first-order valence-electron chi connectivity index (χ1n) is 6.12. The maximum Gasteiger partial charge on any atom is 0.307 e. The van der Waals surface area contributed by atoms with Gasteiger partial charge in [-0.3, -0.25) is 9.59 Å². The third-order valence-corrected chi connectivity index (χ3v) is 3.80. The fourth-order valence-corrected chi connectivity index (χ4v) is 2.69. The highest BCUT2D eigenvalue weighted by Gasteiger charge is 2.35. The molecule has 4 heteroatoms. The van der Waals surface area contributed by atoms with Crippen molar-refractivity contribution in [2.45, 2.75) is 25.7 Å². The zero-order chi connectivity index (χ0) is 13.1. The van der Waals surface area contributed by atoms with E-state index in [2.05, 4.69) is 0 Å². The Balaban J connectivity index is 2.20. The second kappa shape index (κ2) is 5.53. The number of Topliss-reactive ketones (excluding diaryl/α,β-unsaturated/α-hetero) is 1. The van der Waals surface area contributed by atoms with Gasteiger partial charge in [-0.1, -0.05) is 24.4 Å². The molecule has 0 spiro atoms. The molecule has 0 amide bonds. The van der Waals surface area contributed by atoms with Crippen molar-refractivity contribution in [2.24, 2.45) is 11.8 Å². The highest BCUT2D eigenvalue weighted by atomic mass is 35.5. The Morgan fingerprint density at radius 1 is 1.06 bits per heavy atom. The molecule has 96 valence electrons. The largest absolute Gasteiger partial charge is 0.481 e. The summed E-state index contributed by atoms with van der Waals surface area (Å²) in [7, 11) is 0. The molecule has 1 aliphatic carbocycles. The van der Waals surface area contributed by atoms with Crippen molar-refractivity contribution in [2.75, 3.05) is 0 Å². The third kappa shape index (κ3) is 2.72. The van der Waals surface area contributed by atoms with Crippen LogP contribution in [0.2, 0.25) is 5.02 Å². The smallest absolute Gasteiger partial charge is 0.307 e. The van der Waals surface area contributed by atoms with E-state index in [1.807, 2.05) is 0 Å². The Bertz CT molecular complexity index is 453. The minimum atomic E-state index is -0.859. The quantitative estimate of drug-likeness (QED) is 0.853. The van der Waals surface area contributed by atoms with E-state index in [1.165, 1.54) is 0 Å². The molecule has 2 atom stereocenters. The first kappa shape index (κ1) is 13.1. The van der Waals surface area contributed by atoms with E-state index in [0.29, 0.717) is 23.4 Å². The summed E-state index contributed by atoms with van der Waals surface area (Å²) < 4.78 is 0. The molecular weight excluding hydrogens is 252 g/mol. The Kier molecular flexibility index (Phi) is 4.02. The Morgan fingerprint density at radius 2 is 1.61 bits per heavy atom. The molecule has 0 unspecified atom stereocenters. The lowest BCUT2D eigenvalue weighted by Crippen LogP contribution is -2.32. The number of ketones is 1. The highest BCUT2D eigenvalue weighted by molar-refractivity contribution is 6.30. The summed E-state index contributed by atoms with van der Waals surface area (Å²) in [5.41, 5.74) is 0.553. The lowest BCUT2D eigenvalue weighted by molar-refractivity contribution is -0.144. The van der Waals surface area contributed by atoms with E-state index in [-0.39, 0.29) is 5.78 Å². The van der Waals surface area contributed by atoms with Crippen molar-refractivity contribution >= 4 is 23.4 Å². The topological polar surface area (TPSA) is 54.4 Å². The Hall–Kier alpha value is -1.35. The zero-order valence-corrected chi connectivity index (χ0v) is 10.7. The monoisotopic (exact) mass is 266 g/mol. The number of hydrogen-bond acceptors (Lipinski definition) is 2. The van der Waals surface area contributed by atoms with Gasteiger partial charge in [0.25, 0.3) is 0 Å². The maximum absolute atomic E-state index is 12.3. The summed E-state index contributed by atoms with van der Waals surface area (Å²) in [4.78, 5) is 23.5. The van der Waals surface area contributed by atoms with Crippen LogP contribution in [0.3, 0.4) is 0 Å². The van der Waals surface area contributed by atoms with Gasteiger partial charge < -0.3 is 5.11 Å². The van der Waals surface area contributed by atoms with E-state index in [0.717, 1.165) is 12.8 Å². The molecule has 1 aromatic rings. The van der Waals surface area contributed by atoms with E-state index in [1.54, 1.807) is 24.3 Å². The lowest BCUT2D eigenvalue weighted by Gasteiger charge is -2.27. The van der Waals surface area contributed by atoms with E-state index in [4.69, 9.17) is 11.6 Å². The number of halogens is 1. The molecule has 2 rings (SSSR count). The third-order valence-electron chi connectivity index (χ3n) is 3.55. The van der Waals surface area contributed by atoms with Gasteiger partial charge in [-0.15, -0.1) is 0 Å². The molecule has 0 aromatic heterocycles. The maximum atomic E-state index is 12.3. The average molecular weight is 267 g/mol. The molecule has 1 saturated carbocycles. The fourth-order valence-electron chi connectivity index (χ4n) is 2.57. The predicted molar refractivity (Wildman–Crippen MR) is 68.9 cm³/mol. The standard InChI is InChI=1S/C14H15ClO3/c15-10-7-5-9(6-8-10)13(16)11-3-1-2-4-12(11)14(17)18/h5-8,11-12H,1-4H2,(H,17,18)/t11-,12-/m0/s1. The van der Waals surface area contributed by atoms with Gasteiger partial charge in [0.2, 0.25) is 0 Å². The van der Waals surface area contributed by atoms with Crippen LogP contribution in [-0.4, -0.2) is 16.9 Å². The van der Waals surface area contributed by atoms with Crippen LogP contribution in [0.25, 0.3) is 0 Å². The number of carbonyl (C=O) groups is 2. The van der Waals surface area contributed by atoms with Crippen LogP contribution in [0.5, 0.6) is 0 Å². The molecule has 1 fully saturated rings. The van der Waals surface area contributed by atoms with Crippen molar-refractivity contribution in [1.29, 1.82) is 0 Å². The second-order valence-corrected chi connectivity index (χ2v) is 5.14. The number of rotatable bonds is 3. The van der Waals surface area contributed by atoms with Gasteiger partial charge in [0.15, 0.2) is 5.78 Å². The second-order valence-electron chi connectivity index (χ2n) is 4.71. The van der Waals surface area contributed by atoms with Gasteiger partial charge in [-0.2, -0.15) is 0 Å². The van der Waals surface area contributed by atoms with Crippen LogP contribution in [0, 0.1) is 11.8 Å². The summed E-state index contributed by atoms with van der Waals surface area (Å²) in [5, 5.41) is 9.75. The van der Waals surface area contributed by atoms with Crippen molar-refractivity contribution < 1.29 is 14.7 Å². The molecule has 1 aliphatic rings. The van der Waals surface area contributed by atoms with E-state index >= 15 is 0 Å². The van der Waals surface area contributed by atoms with Gasteiger partial charge in [-0.05, 0) is 37.1 Å². The van der Waals surface area contributed by atoms with E-state index < -0.39 is 17.8 Å². The minimum Gasteiger partial charge on any atom is -0.481 e. The number of benzene rings is 1. The van der Waals surface area contributed by atoms with Crippen LogP contribution in [0.15, 0.2) is 24.3 Å². The molecule has 18 heavy (non-hydrogen) atoms.